The second-order valence-electron chi connectivity index (χ2n) is 3.84. The maximum Gasteiger partial charge on any atom is 0.244 e. The zero-order valence-corrected chi connectivity index (χ0v) is 10.8. The standard InChI is InChI=1S/C15H19NO2/c1-3-4-5-6-15(17)16-11-12-18-14-9-7-13(2)8-10-14/h3-10H,11-12H2,1-2H3,(H,16,17)/b4-3+,6-5+. The third-order valence-corrected chi connectivity index (χ3v) is 2.24. The third-order valence-electron chi connectivity index (χ3n) is 2.24. The molecule has 0 bridgehead atoms. The van der Waals surface area contributed by atoms with Crippen LogP contribution in [0.2, 0.25) is 0 Å². The number of amides is 1. The predicted molar refractivity (Wildman–Crippen MR) is 73.6 cm³/mol. The number of carbonyl (C=O) groups excluding carboxylic acids is 1. The maximum atomic E-state index is 11.3. The van der Waals surface area contributed by atoms with E-state index in [0.717, 1.165) is 5.75 Å². The topological polar surface area (TPSA) is 38.3 Å². The molecule has 0 unspecified atom stereocenters. The molecule has 1 N–H and O–H groups in total. The lowest BCUT2D eigenvalue weighted by Gasteiger charge is -2.06. The van der Waals surface area contributed by atoms with Crippen molar-refractivity contribution in [2.24, 2.45) is 0 Å². The highest BCUT2D eigenvalue weighted by Gasteiger charge is 1.95. The van der Waals surface area contributed by atoms with Crippen LogP contribution in [0.15, 0.2) is 48.6 Å². The second kappa shape index (κ2) is 8.12. The molecule has 1 rings (SSSR count). The molecule has 0 radical (unpaired) electrons. The van der Waals surface area contributed by atoms with Gasteiger partial charge in [0, 0.05) is 6.08 Å². The van der Waals surface area contributed by atoms with E-state index in [4.69, 9.17) is 4.74 Å². The Labute approximate surface area is 108 Å². The van der Waals surface area contributed by atoms with Crippen molar-refractivity contribution in [3.8, 4) is 5.75 Å². The number of nitrogens with one attached hydrogen (secondary N) is 1. The van der Waals surface area contributed by atoms with Gasteiger partial charge >= 0.3 is 0 Å². The molecule has 0 heterocycles. The fraction of sp³-hybridized carbons (Fsp3) is 0.267. The second-order valence-corrected chi connectivity index (χ2v) is 3.84. The molecule has 3 heteroatoms. The maximum absolute atomic E-state index is 11.3. The summed E-state index contributed by atoms with van der Waals surface area (Å²) in [7, 11) is 0. The zero-order valence-electron chi connectivity index (χ0n) is 10.8. The number of aryl methyl sites for hydroxylation is 1. The Morgan fingerprint density at radius 2 is 2.00 bits per heavy atom. The first-order chi connectivity index (χ1) is 8.72. The normalized spacial score (nSPS) is 11.0. The van der Waals surface area contributed by atoms with E-state index < -0.39 is 0 Å². The summed E-state index contributed by atoms with van der Waals surface area (Å²) in [4.78, 5) is 11.3. The van der Waals surface area contributed by atoms with Gasteiger partial charge in [0.2, 0.25) is 5.91 Å². The molecule has 0 aliphatic carbocycles. The van der Waals surface area contributed by atoms with Gasteiger partial charge in [-0.2, -0.15) is 0 Å². The van der Waals surface area contributed by atoms with Crippen LogP contribution in [0.5, 0.6) is 5.75 Å². The molecule has 0 aliphatic rings. The molecule has 0 atom stereocenters. The first-order valence-corrected chi connectivity index (χ1v) is 5.99. The third kappa shape index (κ3) is 5.89. The molecule has 0 aromatic heterocycles. The van der Waals surface area contributed by atoms with Crippen LogP contribution in [0.4, 0.5) is 0 Å². The van der Waals surface area contributed by atoms with Crippen molar-refractivity contribution in [3.63, 3.8) is 0 Å². The van der Waals surface area contributed by atoms with Crippen LogP contribution in [0.3, 0.4) is 0 Å². The Hall–Kier alpha value is -2.03. The Bertz CT molecular complexity index is 419. The van der Waals surface area contributed by atoms with Crippen molar-refractivity contribution >= 4 is 5.91 Å². The summed E-state index contributed by atoms with van der Waals surface area (Å²) >= 11 is 0. The highest BCUT2D eigenvalue weighted by atomic mass is 16.5. The van der Waals surface area contributed by atoms with Crippen molar-refractivity contribution < 1.29 is 9.53 Å². The van der Waals surface area contributed by atoms with Gasteiger partial charge in [-0.1, -0.05) is 35.9 Å². The zero-order chi connectivity index (χ0) is 13.2. The Morgan fingerprint density at radius 1 is 1.28 bits per heavy atom. The Balaban J connectivity index is 2.18. The van der Waals surface area contributed by atoms with Crippen molar-refractivity contribution in [1.29, 1.82) is 0 Å². The summed E-state index contributed by atoms with van der Waals surface area (Å²) in [6, 6.07) is 7.83. The van der Waals surface area contributed by atoms with Gasteiger partial charge in [-0.3, -0.25) is 4.79 Å². The van der Waals surface area contributed by atoms with Crippen LogP contribution in [-0.4, -0.2) is 19.1 Å². The van der Waals surface area contributed by atoms with Gasteiger partial charge in [0.15, 0.2) is 0 Å². The molecule has 1 aromatic rings. The van der Waals surface area contributed by atoms with E-state index in [1.165, 1.54) is 11.6 Å². The lowest BCUT2D eigenvalue weighted by atomic mass is 10.2. The summed E-state index contributed by atoms with van der Waals surface area (Å²) in [6.07, 6.45) is 6.87. The van der Waals surface area contributed by atoms with Gasteiger partial charge < -0.3 is 10.1 Å². The van der Waals surface area contributed by atoms with Crippen LogP contribution >= 0.6 is 0 Å². The van der Waals surface area contributed by atoms with Crippen LogP contribution in [0, 0.1) is 6.92 Å². The van der Waals surface area contributed by atoms with Crippen LogP contribution in [0.25, 0.3) is 0 Å². The quantitative estimate of drug-likeness (QED) is 0.475. The molecule has 3 nitrogen and oxygen atoms in total. The van der Waals surface area contributed by atoms with E-state index in [2.05, 4.69) is 5.32 Å². The lowest BCUT2D eigenvalue weighted by molar-refractivity contribution is -0.116. The van der Waals surface area contributed by atoms with E-state index in [1.54, 1.807) is 6.08 Å². The van der Waals surface area contributed by atoms with Gasteiger partial charge in [0.1, 0.15) is 12.4 Å². The first-order valence-electron chi connectivity index (χ1n) is 5.99. The van der Waals surface area contributed by atoms with E-state index >= 15 is 0 Å². The summed E-state index contributed by atoms with van der Waals surface area (Å²) in [5.74, 6) is 0.708. The summed E-state index contributed by atoms with van der Waals surface area (Å²) < 4.78 is 5.48. The number of ether oxygens (including phenoxy) is 1. The van der Waals surface area contributed by atoms with Crippen molar-refractivity contribution in [2.75, 3.05) is 13.2 Å². The Kier molecular flexibility index (Phi) is 6.33. The molecule has 1 amide bonds. The number of hydrogen-bond donors (Lipinski definition) is 1. The summed E-state index contributed by atoms with van der Waals surface area (Å²) in [5.41, 5.74) is 1.20. The minimum atomic E-state index is -0.111. The summed E-state index contributed by atoms with van der Waals surface area (Å²) in [6.45, 7) is 4.89. The minimum absolute atomic E-state index is 0.111. The van der Waals surface area contributed by atoms with E-state index in [0.29, 0.717) is 13.2 Å². The fourth-order valence-electron chi connectivity index (χ4n) is 1.29. The monoisotopic (exact) mass is 245 g/mol. The average molecular weight is 245 g/mol. The predicted octanol–water partition coefficient (Wildman–Crippen LogP) is 2.62. The van der Waals surface area contributed by atoms with Crippen molar-refractivity contribution in [1.82, 2.24) is 5.32 Å². The van der Waals surface area contributed by atoms with E-state index in [-0.39, 0.29) is 5.91 Å². The molecule has 0 spiro atoms. The number of carbonyl (C=O) groups is 1. The molecular formula is C15H19NO2. The molecule has 0 fully saturated rings. The number of rotatable bonds is 6. The number of allylic oxidation sites excluding steroid dienone is 3. The molecule has 96 valence electrons. The van der Waals surface area contributed by atoms with Crippen LogP contribution in [-0.2, 0) is 4.79 Å². The van der Waals surface area contributed by atoms with Crippen molar-refractivity contribution in [2.45, 2.75) is 13.8 Å². The molecular weight excluding hydrogens is 226 g/mol. The molecule has 1 aromatic carbocycles. The largest absolute Gasteiger partial charge is 0.492 e. The smallest absolute Gasteiger partial charge is 0.244 e. The Morgan fingerprint density at radius 3 is 2.67 bits per heavy atom. The van der Waals surface area contributed by atoms with Gasteiger partial charge in [-0.15, -0.1) is 0 Å². The average Bonchev–Trinajstić information content (AvgIpc) is 2.37. The number of hydrogen-bond acceptors (Lipinski definition) is 2. The highest BCUT2D eigenvalue weighted by molar-refractivity contribution is 5.87. The SMILES string of the molecule is C/C=C/C=C/C(=O)NCCOc1ccc(C)cc1. The van der Waals surface area contributed by atoms with Gasteiger partial charge in [-0.05, 0) is 26.0 Å². The van der Waals surface area contributed by atoms with E-state index in [1.807, 2.05) is 50.3 Å². The van der Waals surface area contributed by atoms with Crippen LogP contribution in [0.1, 0.15) is 12.5 Å². The van der Waals surface area contributed by atoms with E-state index in [9.17, 15) is 4.79 Å². The first kappa shape index (κ1) is 14.0. The molecule has 18 heavy (non-hydrogen) atoms. The minimum Gasteiger partial charge on any atom is -0.492 e. The van der Waals surface area contributed by atoms with Gasteiger partial charge in [0.05, 0.1) is 6.54 Å². The fourth-order valence-corrected chi connectivity index (χ4v) is 1.29. The summed E-state index contributed by atoms with van der Waals surface area (Å²) in [5, 5.41) is 2.74. The number of benzene rings is 1. The molecule has 0 saturated heterocycles. The van der Waals surface area contributed by atoms with Gasteiger partial charge in [0.25, 0.3) is 0 Å². The molecule has 0 aliphatic heterocycles. The van der Waals surface area contributed by atoms with Crippen LogP contribution < -0.4 is 10.1 Å². The highest BCUT2D eigenvalue weighted by Crippen LogP contribution is 2.10. The molecule has 0 saturated carbocycles. The van der Waals surface area contributed by atoms with Gasteiger partial charge in [-0.25, -0.2) is 0 Å². The van der Waals surface area contributed by atoms with Crippen molar-refractivity contribution in [3.05, 3.63) is 54.1 Å². The lowest BCUT2D eigenvalue weighted by Crippen LogP contribution is -2.26.